The van der Waals surface area contributed by atoms with Gasteiger partial charge in [0.25, 0.3) is 21.8 Å². The second kappa shape index (κ2) is 13.1. The van der Waals surface area contributed by atoms with E-state index in [4.69, 9.17) is 16.3 Å². The Morgan fingerprint density at radius 2 is 1.54 bits per heavy atom. The number of hydrogen-bond acceptors (Lipinski definition) is 6. The van der Waals surface area contributed by atoms with Gasteiger partial charge in [-0.3, -0.25) is 13.9 Å². The molecule has 210 valence electrons. The number of carbonyl (C=O) groups is 2. The van der Waals surface area contributed by atoms with Crippen LogP contribution in [0.1, 0.15) is 22.8 Å². The molecule has 0 aliphatic rings. The number of rotatable bonds is 10. The SMILES string of the molecule is COc1ccc(Cl)cc1N(CC(=O)N/N=C(/C)c1cccc(NC(=O)c2ccccc2)c1)S(=O)(=O)c1ccccc1. The van der Waals surface area contributed by atoms with Crippen molar-refractivity contribution in [1.29, 1.82) is 0 Å². The summed E-state index contributed by atoms with van der Waals surface area (Å²) in [6.45, 7) is 1.08. The summed E-state index contributed by atoms with van der Waals surface area (Å²) < 4.78 is 33.5. The zero-order valence-corrected chi connectivity index (χ0v) is 23.8. The Hall–Kier alpha value is -4.67. The number of carbonyl (C=O) groups excluding carboxylic acids is 2. The van der Waals surface area contributed by atoms with Crippen molar-refractivity contribution in [3.63, 3.8) is 0 Å². The van der Waals surface area contributed by atoms with Crippen molar-refractivity contribution in [1.82, 2.24) is 5.43 Å². The number of nitrogens with one attached hydrogen (secondary N) is 2. The van der Waals surface area contributed by atoms with E-state index in [-0.39, 0.29) is 27.3 Å². The van der Waals surface area contributed by atoms with Crippen LogP contribution in [0.3, 0.4) is 0 Å². The van der Waals surface area contributed by atoms with Gasteiger partial charge < -0.3 is 10.1 Å². The van der Waals surface area contributed by atoms with E-state index in [2.05, 4.69) is 15.8 Å². The largest absolute Gasteiger partial charge is 0.495 e. The number of sulfonamides is 1. The predicted molar refractivity (Wildman–Crippen MR) is 160 cm³/mol. The minimum Gasteiger partial charge on any atom is -0.495 e. The van der Waals surface area contributed by atoms with Crippen molar-refractivity contribution in [2.24, 2.45) is 5.10 Å². The van der Waals surface area contributed by atoms with E-state index in [1.807, 2.05) is 6.07 Å². The molecule has 0 saturated heterocycles. The number of amides is 2. The molecule has 0 heterocycles. The summed E-state index contributed by atoms with van der Waals surface area (Å²) in [7, 11) is -2.79. The number of ether oxygens (including phenoxy) is 1. The highest BCUT2D eigenvalue weighted by atomic mass is 35.5. The van der Waals surface area contributed by atoms with E-state index < -0.39 is 22.5 Å². The lowest BCUT2D eigenvalue weighted by Crippen LogP contribution is -2.40. The normalized spacial score (nSPS) is 11.4. The number of hydrazone groups is 1. The first-order chi connectivity index (χ1) is 19.7. The fourth-order valence-electron chi connectivity index (χ4n) is 3.87. The van der Waals surface area contributed by atoms with Crippen LogP contribution in [-0.2, 0) is 14.8 Å². The Balaban J connectivity index is 1.54. The Labute approximate surface area is 243 Å². The lowest BCUT2D eigenvalue weighted by molar-refractivity contribution is -0.119. The van der Waals surface area contributed by atoms with Gasteiger partial charge in [0, 0.05) is 16.3 Å². The quantitative estimate of drug-likeness (QED) is 0.191. The van der Waals surface area contributed by atoms with Crippen LogP contribution in [0.15, 0.2) is 113 Å². The Kier molecular flexibility index (Phi) is 9.38. The van der Waals surface area contributed by atoms with Crippen LogP contribution in [0.5, 0.6) is 5.75 Å². The maximum absolute atomic E-state index is 13.6. The Bertz CT molecular complexity index is 1680. The number of halogens is 1. The van der Waals surface area contributed by atoms with E-state index in [0.717, 1.165) is 4.31 Å². The third-order valence-corrected chi connectivity index (χ3v) is 7.96. The first-order valence-corrected chi connectivity index (χ1v) is 14.2. The van der Waals surface area contributed by atoms with Crippen LogP contribution in [0, 0.1) is 0 Å². The summed E-state index contributed by atoms with van der Waals surface area (Å²) in [6.07, 6.45) is 0. The Morgan fingerprint density at radius 1 is 0.878 bits per heavy atom. The van der Waals surface area contributed by atoms with Crippen molar-refractivity contribution in [3.8, 4) is 5.75 Å². The molecule has 2 amide bonds. The van der Waals surface area contributed by atoms with Crippen molar-refractivity contribution in [3.05, 3.63) is 119 Å². The summed E-state index contributed by atoms with van der Waals surface area (Å²) in [5, 5.41) is 7.26. The van der Waals surface area contributed by atoms with Crippen LogP contribution >= 0.6 is 11.6 Å². The standard InChI is InChI=1S/C30H27ClN4O5S/c1-21(23-12-9-13-25(18-23)32-30(37)22-10-5-3-6-11-22)33-34-29(36)20-35(27-19-24(31)16-17-28(27)40-2)41(38,39)26-14-7-4-8-15-26/h3-19H,20H2,1-2H3,(H,32,37)(H,34,36)/b33-21-. The van der Waals surface area contributed by atoms with Crippen LogP contribution in [0.2, 0.25) is 5.02 Å². The van der Waals surface area contributed by atoms with E-state index in [1.165, 1.54) is 31.4 Å². The molecule has 0 aromatic heterocycles. The molecule has 0 bridgehead atoms. The molecule has 0 spiro atoms. The van der Waals surface area contributed by atoms with Crippen molar-refractivity contribution in [2.75, 3.05) is 23.3 Å². The summed E-state index contributed by atoms with van der Waals surface area (Å²) >= 11 is 6.17. The molecule has 0 radical (unpaired) electrons. The highest BCUT2D eigenvalue weighted by Crippen LogP contribution is 2.34. The third kappa shape index (κ3) is 7.30. The first-order valence-electron chi connectivity index (χ1n) is 12.4. The zero-order valence-electron chi connectivity index (χ0n) is 22.2. The van der Waals surface area contributed by atoms with Crippen molar-refractivity contribution >= 4 is 50.5 Å². The summed E-state index contributed by atoms with van der Waals surface area (Å²) in [5.41, 5.74) is 4.66. The lowest BCUT2D eigenvalue weighted by Gasteiger charge is -2.25. The molecule has 2 N–H and O–H groups in total. The van der Waals surface area contributed by atoms with Crippen LogP contribution in [0.25, 0.3) is 0 Å². The molecule has 0 aliphatic carbocycles. The van der Waals surface area contributed by atoms with E-state index >= 15 is 0 Å². The number of benzene rings is 4. The van der Waals surface area contributed by atoms with Gasteiger partial charge in [-0.1, -0.05) is 60.1 Å². The van der Waals surface area contributed by atoms with Crippen LogP contribution in [0.4, 0.5) is 11.4 Å². The minimum absolute atomic E-state index is 0.0103. The smallest absolute Gasteiger partial charge is 0.264 e. The van der Waals surface area contributed by atoms with Crippen molar-refractivity contribution < 1.29 is 22.7 Å². The summed E-state index contributed by atoms with van der Waals surface area (Å²) in [6, 6.07) is 28.0. The molecule has 11 heteroatoms. The minimum atomic E-state index is -4.18. The topological polar surface area (TPSA) is 117 Å². The fourth-order valence-corrected chi connectivity index (χ4v) is 5.48. The third-order valence-electron chi connectivity index (χ3n) is 5.95. The highest BCUT2D eigenvalue weighted by Gasteiger charge is 2.29. The predicted octanol–water partition coefficient (Wildman–Crippen LogP) is 5.34. The fraction of sp³-hybridized carbons (Fsp3) is 0.100. The first kappa shape index (κ1) is 29.3. The monoisotopic (exact) mass is 590 g/mol. The number of nitrogens with zero attached hydrogens (tertiary/aromatic N) is 2. The molecule has 0 fully saturated rings. The molecular formula is C30H27ClN4O5S. The molecule has 0 atom stereocenters. The molecule has 4 aromatic carbocycles. The van der Waals surface area contributed by atoms with Gasteiger partial charge in [0.15, 0.2) is 0 Å². The molecule has 0 unspecified atom stereocenters. The zero-order chi connectivity index (χ0) is 29.4. The van der Waals surface area contributed by atoms with Gasteiger partial charge in [-0.15, -0.1) is 0 Å². The van der Waals surface area contributed by atoms with E-state index in [1.54, 1.807) is 79.7 Å². The van der Waals surface area contributed by atoms with Gasteiger partial charge in [0.2, 0.25) is 0 Å². The number of anilines is 2. The highest BCUT2D eigenvalue weighted by molar-refractivity contribution is 7.92. The van der Waals surface area contributed by atoms with Crippen molar-refractivity contribution in [2.45, 2.75) is 11.8 Å². The number of hydrogen-bond donors (Lipinski definition) is 2. The van der Waals surface area contributed by atoms with Gasteiger partial charge in [-0.05, 0) is 67.1 Å². The van der Waals surface area contributed by atoms with Crippen LogP contribution < -0.4 is 19.8 Å². The van der Waals surface area contributed by atoms with Gasteiger partial charge in [0.1, 0.15) is 12.3 Å². The maximum atomic E-state index is 13.6. The average Bonchev–Trinajstić information content (AvgIpc) is 2.99. The van der Waals surface area contributed by atoms with Gasteiger partial charge in [0.05, 0.1) is 23.4 Å². The molecule has 0 aliphatic heterocycles. The van der Waals surface area contributed by atoms with Gasteiger partial charge in [-0.25, -0.2) is 13.8 Å². The number of methoxy groups -OCH3 is 1. The molecule has 9 nitrogen and oxygen atoms in total. The van der Waals surface area contributed by atoms with Crippen LogP contribution in [-0.4, -0.2) is 39.6 Å². The second-order valence-corrected chi connectivity index (χ2v) is 11.1. The van der Waals surface area contributed by atoms with E-state index in [9.17, 15) is 18.0 Å². The lowest BCUT2D eigenvalue weighted by atomic mass is 10.1. The molecule has 0 saturated carbocycles. The molecule has 4 aromatic rings. The van der Waals surface area contributed by atoms with Gasteiger partial charge >= 0.3 is 0 Å². The molecule has 4 rings (SSSR count). The second-order valence-electron chi connectivity index (χ2n) is 8.77. The summed E-state index contributed by atoms with van der Waals surface area (Å²) in [4.78, 5) is 25.5. The maximum Gasteiger partial charge on any atom is 0.264 e. The Morgan fingerprint density at radius 3 is 2.22 bits per heavy atom. The molecule has 41 heavy (non-hydrogen) atoms. The average molecular weight is 591 g/mol. The van der Waals surface area contributed by atoms with E-state index in [0.29, 0.717) is 22.5 Å². The molecular weight excluding hydrogens is 564 g/mol. The summed E-state index contributed by atoms with van der Waals surface area (Å²) in [5.74, 6) is -0.739. The van der Waals surface area contributed by atoms with Gasteiger partial charge in [-0.2, -0.15) is 5.10 Å².